The van der Waals surface area contributed by atoms with E-state index in [4.69, 9.17) is 0 Å². The molecule has 0 radical (unpaired) electrons. The lowest BCUT2D eigenvalue weighted by molar-refractivity contribution is 0.556. The molecule has 3 nitrogen and oxygen atoms in total. The molecule has 1 atom stereocenters. The third kappa shape index (κ3) is 2.51. The second kappa shape index (κ2) is 5.27. The predicted octanol–water partition coefficient (Wildman–Crippen LogP) is 2.82. The van der Waals surface area contributed by atoms with Crippen LogP contribution in [0.1, 0.15) is 30.5 Å². The van der Waals surface area contributed by atoms with Gasteiger partial charge < -0.3 is 9.88 Å². The van der Waals surface area contributed by atoms with Crippen LogP contribution >= 0.6 is 11.3 Å². The van der Waals surface area contributed by atoms with E-state index >= 15 is 0 Å². The summed E-state index contributed by atoms with van der Waals surface area (Å²) >= 11 is 1.79. The van der Waals surface area contributed by atoms with Crippen LogP contribution in [-0.4, -0.2) is 9.55 Å². The molecule has 0 spiro atoms. The molecule has 0 saturated heterocycles. The van der Waals surface area contributed by atoms with E-state index in [0.717, 1.165) is 13.1 Å². The van der Waals surface area contributed by atoms with Gasteiger partial charge in [0.05, 0.1) is 12.0 Å². The first-order valence-electron chi connectivity index (χ1n) is 5.57. The van der Waals surface area contributed by atoms with Crippen LogP contribution in [0.25, 0.3) is 0 Å². The Labute approximate surface area is 100 Å². The summed E-state index contributed by atoms with van der Waals surface area (Å²) in [4.78, 5) is 5.54. The molecule has 2 rings (SSSR count). The Morgan fingerprint density at radius 2 is 2.44 bits per heavy atom. The quantitative estimate of drug-likeness (QED) is 0.863. The zero-order valence-corrected chi connectivity index (χ0v) is 10.5. The summed E-state index contributed by atoms with van der Waals surface area (Å²) in [7, 11) is 0. The summed E-state index contributed by atoms with van der Waals surface area (Å²) in [5.74, 6) is 0. The highest BCUT2D eigenvalue weighted by Gasteiger charge is 2.07. The van der Waals surface area contributed by atoms with Crippen molar-refractivity contribution in [2.75, 3.05) is 0 Å². The fourth-order valence-corrected chi connectivity index (χ4v) is 2.43. The minimum Gasteiger partial charge on any atom is -0.334 e. The third-order valence-electron chi connectivity index (χ3n) is 2.70. The minimum absolute atomic E-state index is 0.403. The molecular formula is C12H17N3S. The summed E-state index contributed by atoms with van der Waals surface area (Å²) in [5, 5.41) is 5.63. The zero-order chi connectivity index (χ0) is 11.4. The summed E-state index contributed by atoms with van der Waals surface area (Å²) in [6, 6.07) is 4.66. The molecule has 0 aliphatic rings. The number of hydrogen-bond donors (Lipinski definition) is 1. The van der Waals surface area contributed by atoms with Crippen LogP contribution in [0, 0.1) is 0 Å². The van der Waals surface area contributed by atoms with E-state index in [9.17, 15) is 0 Å². The number of rotatable bonds is 5. The van der Waals surface area contributed by atoms with Gasteiger partial charge >= 0.3 is 0 Å². The molecule has 2 aromatic heterocycles. The van der Waals surface area contributed by atoms with Crippen LogP contribution in [0.15, 0.2) is 30.0 Å². The average molecular weight is 235 g/mol. The normalized spacial score (nSPS) is 12.9. The van der Waals surface area contributed by atoms with Gasteiger partial charge in [-0.1, -0.05) is 6.07 Å². The van der Waals surface area contributed by atoms with Crippen molar-refractivity contribution in [2.24, 2.45) is 0 Å². The van der Waals surface area contributed by atoms with E-state index < -0.39 is 0 Å². The van der Waals surface area contributed by atoms with E-state index in [2.05, 4.69) is 46.2 Å². The van der Waals surface area contributed by atoms with Gasteiger partial charge in [-0.05, 0) is 25.3 Å². The molecule has 0 saturated carbocycles. The molecule has 1 N–H and O–H groups in total. The van der Waals surface area contributed by atoms with Crippen molar-refractivity contribution in [3.05, 3.63) is 40.6 Å². The standard InChI is InChI=1S/C12H17N3S/c1-3-15-9-13-7-11(15)8-14-10(2)12-5-4-6-16-12/h4-7,9-10,14H,3,8H2,1-2H3. The summed E-state index contributed by atoms with van der Waals surface area (Å²) in [5.41, 5.74) is 1.24. The number of hydrogen-bond acceptors (Lipinski definition) is 3. The zero-order valence-electron chi connectivity index (χ0n) is 9.68. The first-order valence-corrected chi connectivity index (χ1v) is 6.45. The van der Waals surface area contributed by atoms with Crippen LogP contribution in [0.4, 0.5) is 0 Å². The fourth-order valence-electron chi connectivity index (χ4n) is 1.68. The summed E-state index contributed by atoms with van der Waals surface area (Å²) in [6.45, 7) is 6.17. The van der Waals surface area contributed by atoms with Crippen LogP contribution in [0.2, 0.25) is 0 Å². The van der Waals surface area contributed by atoms with Crippen molar-refractivity contribution in [2.45, 2.75) is 33.0 Å². The van der Waals surface area contributed by atoms with Gasteiger partial charge in [-0.25, -0.2) is 4.98 Å². The molecule has 86 valence electrons. The van der Waals surface area contributed by atoms with Crippen molar-refractivity contribution >= 4 is 11.3 Å². The highest BCUT2D eigenvalue weighted by atomic mass is 32.1. The fraction of sp³-hybridized carbons (Fsp3) is 0.417. The number of imidazole rings is 1. The van der Waals surface area contributed by atoms with Gasteiger partial charge in [0.2, 0.25) is 0 Å². The lowest BCUT2D eigenvalue weighted by Crippen LogP contribution is -2.19. The second-order valence-corrected chi connectivity index (χ2v) is 4.77. The summed E-state index contributed by atoms with van der Waals surface area (Å²) in [6.07, 6.45) is 3.81. The van der Waals surface area contributed by atoms with Gasteiger partial charge in [0, 0.05) is 30.2 Å². The second-order valence-electron chi connectivity index (χ2n) is 3.79. The Kier molecular flexibility index (Phi) is 3.74. The van der Waals surface area contributed by atoms with E-state index in [0.29, 0.717) is 6.04 Å². The molecule has 0 aliphatic heterocycles. The first-order chi connectivity index (χ1) is 7.81. The van der Waals surface area contributed by atoms with Gasteiger partial charge in [0.1, 0.15) is 0 Å². The highest BCUT2D eigenvalue weighted by molar-refractivity contribution is 7.10. The van der Waals surface area contributed by atoms with Crippen molar-refractivity contribution in [3.63, 3.8) is 0 Å². The molecule has 2 heterocycles. The molecule has 0 amide bonds. The molecule has 0 fully saturated rings. The van der Waals surface area contributed by atoms with Crippen LogP contribution < -0.4 is 5.32 Å². The van der Waals surface area contributed by atoms with Gasteiger partial charge in [0.15, 0.2) is 0 Å². The van der Waals surface area contributed by atoms with E-state index in [1.807, 2.05) is 12.5 Å². The largest absolute Gasteiger partial charge is 0.334 e. The van der Waals surface area contributed by atoms with Crippen molar-refractivity contribution in [3.8, 4) is 0 Å². The number of nitrogens with zero attached hydrogens (tertiary/aromatic N) is 2. The van der Waals surface area contributed by atoms with Gasteiger partial charge in [-0.2, -0.15) is 0 Å². The Morgan fingerprint density at radius 1 is 1.56 bits per heavy atom. The molecule has 4 heteroatoms. The molecule has 2 aromatic rings. The molecule has 0 aromatic carbocycles. The molecule has 0 bridgehead atoms. The number of aryl methyl sites for hydroxylation is 1. The first kappa shape index (κ1) is 11.4. The average Bonchev–Trinajstić information content (AvgIpc) is 2.96. The Morgan fingerprint density at radius 3 is 3.12 bits per heavy atom. The van der Waals surface area contributed by atoms with E-state index in [1.165, 1.54) is 10.6 Å². The SMILES string of the molecule is CCn1cncc1CNC(C)c1cccs1. The highest BCUT2D eigenvalue weighted by Crippen LogP contribution is 2.18. The number of aromatic nitrogens is 2. The van der Waals surface area contributed by atoms with Crippen molar-refractivity contribution in [1.82, 2.24) is 14.9 Å². The lowest BCUT2D eigenvalue weighted by Gasteiger charge is -2.12. The van der Waals surface area contributed by atoms with Crippen molar-refractivity contribution < 1.29 is 0 Å². The van der Waals surface area contributed by atoms with Crippen molar-refractivity contribution in [1.29, 1.82) is 0 Å². The maximum absolute atomic E-state index is 4.16. The van der Waals surface area contributed by atoms with Gasteiger partial charge in [-0.3, -0.25) is 0 Å². The maximum atomic E-state index is 4.16. The van der Waals surface area contributed by atoms with Crippen LogP contribution in [0.3, 0.4) is 0 Å². The predicted molar refractivity (Wildman–Crippen MR) is 67.5 cm³/mol. The summed E-state index contributed by atoms with van der Waals surface area (Å²) < 4.78 is 2.16. The number of thiophene rings is 1. The lowest BCUT2D eigenvalue weighted by atomic mass is 10.2. The molecule has 1 unspecified atom stereocenters. The van der Waals surface area contributed by atoms with Crippen LogP contribution in [0.5, 0.6) is 0 Å². The Bertz CT molecular complexity index is 419. The Balaban J connectivity index is 1.92. The third-order valence-corrected chi connectivity index (χ3v) is 3.75. The number of nitrogens with one attached hydrogen (secondary N) is 1. The van der Waals surface area contributed by atoms with E-state index in [-0.39, 0.29) is 0 Å². The molecule has 0 aliphatic carbocycles. The smallest absolute Gasteiger partial charge is 0.0948 e. The molecular weight excluding hydrogens is 218 g/mol. The maximum Gasteiger partial charge on any atom is 0.0948 e. The van der Waals surface area contributed by atoms with Crippen LogP contribution in [-0.2, 0) is 13.1 Å². The minimum atomic E-state index is 0.403. The monoisotopic (exact) mass is 235 g/mol. The topological polar surface area (TPSA) is 29.9 Å². The molecule has 16 heavy (non-hydrogen) atoms. The van der Waals surface area contributed by atoms with E-state index in [1.54, 1.807) is 11.3 Å². The van der Waals surface area contributed by atoms with Gasteiger partial charge in [0.25, 0.3) is 0 Å². The Hall–Kier alpha value is -1.13. The van der Waals surface area contributed by atoms with Gasteiger partial charge in [-0.15, -0.1) is 11.3 Å².